The number of alkyl halides is 2. The molecule has 0 bridgehead atoms. The molecule has 3 heterocycles. The molecule has 0 saturated heterocycles. The first kappa shape index (κ1) is 17.0. The molecule has 0 aliphatic heterocycles. The predicted molar refractivity (Wildman–Crippen MR) is 86.5 cm³/mol. The van der Waals surface area contributed by atoms with Gasteiger partial charge in [0.05, 0.1) is 17.9 Å². The summed E-state index contributed by atoms with van der Waals surface area (Å²) in [5, 5.41) is 10.9. The number of nitrogens with zero attached hydrogens (tertiary/aromatic N) is 5. The topological polar surface area (TPSA) is 77.1 Å². The molecule has 3 aromatic heterocycles. The van der Waals surface area contributed by atoms with Gasteiger partial charge in [0.25, 0.3) is 12.3 Å². The van der Waals surface area contributed by atoms with Crippen LogP contribution >= 0.6 is 0 Å². The smallest absolute Gasteiger partial charge is 0.280 e. The van der Waals surface area contributed by atoms with Gasteiger partial charge in [-0.15, -0.1) is 0 Å². The first-order chi connectivity index (χ1) is 11.9. The Morgan fingerprint density at radius 2 is 2.08 bits per heavy atom. The Labute approximate surface area is 142 Å². The largest absolute Gasteiger partial charge is 0.344 e. The number of halogens is 2. The summed E-state index contributed by atoms with van der Waals surface area (Å²) >= 11 is 0. The molecule has 7 nitrogen and oxygen atoms in total. The second-order valence-corrected chi connectivity index (χ2v) is 5.68. The Bertz CT molecular complexity index is 917. The number of carbonyl (C=O) groups is 1. The van der Waals surface area contributed by atoms with E-state index in [9.17, 15) is 13.6 Å². The van der Waals surface area contributed by atoms with E-state index >= 15 is 0 Å². The Kier molecular flexibility index (Phi) is 4.47. The number of carbonyl (C=O) groups excluding carboxylic acids is 1. The van der Waals surface area contributed by atoms with Gasteiger partial charge < -0.3 is 5.32 Å². The number of fused-ring (bicyclic) bond motifs is 1. The monoisotopic (exact) mass is 348 g/mol. The van der Waals surface area contributed by atoms with Crippen molar-refractivity contribution < 1.29 is 13.6 Å². The van der Waals surface area contributed by atoms with Crippen LogP contribution in [0.4, 0.5) is 8.78 Å². The molecule has 1 N–H and O–H groups in total. The lowest BCUT2D eigenvalue weighted by molar-refractivity contribution is 0.0939. The van der Waals surface area contributed by atoms with Crippen LogP contribution in [0.3, 0.4) is 0 Å². The lowest BCUT2D eigenvalue weighted by Gasteiger charge is -2.15. The van der Waals surface area contributed by atoms with Crippen molar-refractivity contribution in [2.24, 2.45) is 0 Å². The van der Waals surface area contributed by atoms with E-state index in [1.807, 2.05) is 19.9 Å². The van der Waals surface area contributed by atoms with Gasteiger partial charge >= 0.3 is 0 Å². The van der Waals surface area contributed by atoms with E-state index in [1.54, 1.807) is 17.8 Å². The zero-order valence-electron chi connectivity index (χ0n) is 14.1. The van der Waals surface area contributed by atoms with Crippen LogP contribution in [-0.4, -0.2) is 30.3 Å². The quantitative estimate of drug-likeness (QED) is 0.769. The minimum absolute atomic E-state index is 0.115. The van der Waals surface area contributed by atoms with Crippen molar-refractivity contribution in [2.45, 2.75) is 39.8 Å². The summed E-state index contributed by atoms with van der Waals surface area (Å²) in [5.74, 6) is -0.426. The fraction of sp³-hybridized carbons (Fsp3) is 0.375. The normalized spacial score (nSPS) is 12.7. The number of nitrogens with one attached hydrogen (secondary N) is 1. The first-order valence-electron chi connectivity index (χ1n) is 7.88. The second kappa shape index (κ2) is 6.58. The van der Waals surface area contributed by atoms with Gasteiger partial charge in [-0.05, 0) is 32.9 Å². The third-order valence-electron chi connectivity index (χ3n) is 3.94. The molecule has 0 radical (unpaired) electrons. The third kappa shape index (κ3) is 3.09. The lowest BCUT2D eigenvalue weighted by atomic mass is 10.2. The molecule has 3 aromatic rings. The first-order valence-corrected chi connectivity index (χ1v) is 7.88. The van der Waals surface area contributed by atoms with E-state index in [4.69, 9.17) is 0 Å². The highest BCUT2D eigenvalue weighted by molar-refractivity contribution is 5.99. The Balaban J connectivity index is 1.93. The van der Waals surface area contributed by atoms with Gasteiger partial charge in [-0.1, -0.05) is 0 Å². The molecule has 132 valence electrons. The van der Waals surface area contributed by atoms with Crippen LogP contribution in [-0.2, 0) is 6.54 Å². The molecular formula is C16H18F2N6O. The van der Waals surface area contributed by atoms with Crippen LogP contribution in [0, 0.1) is 6.92 Å². The second-order valence-electron chi connectivity index (χ2n) is 5.68. The summed E-state index contributed by atoms with van der Waals surface area (Å²) in [4.78, 5) is 16.8. The molecular weight excluding hydrogens is 330 g/mol. The van der Waals surface area contributed by atoms with Crippen LogP contribution in [0.2, 0.25) is 0 Å². The van der Waals surface area contributed by atoms with Gasteiger partial charge in [-0.3, -0.25) is 9.48 Å². The van der Waals surface area contributed by atoms with Gasteiger partial charge in [0, 0.05) is 18.4 Å². The molecule has 1 amide bonds. The fourth-order valence-electron chi connectivity index (χ4n) is 2.75. The van der Waals surface area contributed by atoms with E-state index in [1.165, 1.54) is 12.3 Å². The lowest BCUT2D eigenvalue weighted by Crippen LogP contribution is -2.28. The van der Waals surface area contributed by atoms with Crippen LogP contribution in [0.5, 0.6) is 0 Å². The molecule has 0 aliphatic rings. The van der Waals surface area contributed by atoms with E-state index in [0.29, 0.717) is 12.2 Å². The van der Waals surface area contributed by atoms with Crippen molar-refractivity contribution in [2.75, 3.05) is 0 Å². The molecule has 0 saturated carbocycles. The van der Waals surface area contributed by atoms with Crippen LogP contribution in [0.25, 0.3) is 5.65 Å². The Hall–Kier alpha value is -2.84. The highest BCUT2D eigenvalue weighted by Crippen LogP contribution is 2.22. The maximum atomic E-state index is 13.2. The van der Waals surface area contributed by atoms with Gasteiger partial charge in [-0.25, -0.2) is 18.3 Å². The molecule has 0 spiro atoms. The van der Waals surface area contributed by atoms with Crippen molar-refractivity contribution in [3.8, 4) is 0 Å². The average molecular weight is 348 g/mol. The standard InChI is InChI=1S/C16H18F2N6O/c1-4-23-12(5-6-19-23)10(3)22-16(25)11-8-20-24-13(14(17)18)7-9(2)21-15(11)24/h5-8,10,14H,4H2,1-3H3,(H,22,25). The van der Waals surface area contributed by atoms with Gasteiger partial charge in [-0.2, -0.15) is 10.2 Å². The summed E-state index contributed by atoms with van der Waals surface area (Å²) in [6.07, 6.45) is 0.210. The van der Waals surface area contributed by atoms with Crippen molar-refractivity contribution in [3.63, 3.8) is 0 Å². The van der Waals surface area contributed by atoms with E-state index in [2.05, 4.69) is 20.5 Å². The molecule has 0 fully saturated rings. The van der Waals surface area contributed by atoms with Crippen molar-refractivity contribution >= 4 is 11.6 Å². The Morgan fingerprint density at radius 1 is 1.32 bits per heavy atom. The van der Waals surface area contributed by atoms with Crippen molar-refractivity contribution in [3.05, 3.63) is 47.2 Å². The van der Waals surface area contributed by atoms with E-state index < -0.39 is 12.3 Å². The molecule has 3 rings (SSSR count). The zero-order chi connectivity index (χ0) is 18.1. The Morgan fingerprint density at radius 3 is 2.76 bits per heavy atom. The van der Waals surface area contributed by atoms with Crippen LogP contribution in [0.15, 0.2) is 24.5 Å². The summed E-state index contributed by atoms with van der Waals surface area (Å²) < 4.78 is 29.1. The van der Waals surface area contributed by atoms with Crippen molar-refractivity contribution in [1.29, 1.82) is 0 Å². The number of rotatable bonds is 5. The summed E-state index contributed by atoms with van der Waals surface area (Å²) in [6, 6.07) is 2.78. The van der Waals surface area contributed by atoms with E-state index in [0.717, 1.165) is 10.2 Å². The third-order valence-corrected chi connectivity index (χ3v) is 3.94. The zero-order valence-corrected chi connectivity index (χ0v) is 14.1. The molecule has 1 unspecified atom stereocenters. The van der Waals surface area contributed by atoms with Crippen LogP contribution < -0.4 is 5.32 Å². The summed E-state index contributed by atoms with van der Waals surface area (Å²) in [6.45, 7) is 6.06. The summed E-state index contributed by atoms with van der Waals surface area (Å²) in [5.41, 5.74) is 1.22. The van der Waals surface area contributed by atoms with Crippen molar-refractivity contribution in [1.82, 2.24) is 29.7 Å². The number of hydrogen-bond acceptors (Lipinski definition) is 4. The molecule has 0 aromatic carbocycles. The number of hydrogen-bond donors (Lipinski definition) is 1. The van der Waals surface area contributed by atoms with Gasteiger partial charge in [0.15, 0.2) is 5.65 Å². The fourth-order valence-corrected chi connectivity index (χ4v) is 2.75. The van der Waals surface area contributed by atoms with Crippen LogP contribution in [0.1, 0.15) is 53.8 Å². The van der Waals surface area contributed by atoms with Gasteiger partial charge in [0.2, 0.25) is 0 Å². The van der Waals surface area contributed by atoms with Gasteiger partial charge in [0.1, 0.15) is 11.3 Å². The minimum atomic E-state index is -2.71. The number of aromatic nitrogens is 5. The molecule has 1 atom stereocenters. The summed E-state index contributed by atoms with van der Waals surface area (Å²) in [7, 11) is 0. The predicted octanol–water partition coefficient (Wildman–Crippen LogP) is 2.68. The molecule has 9 heteroatoms. The SMILES string of the molecule is CCn1nccc1C(C)NC(=O)c1cnn2c(C(F)F)cc(C)nc12. The average Bonchev–Trinajstić information content (AvgIpc) is 3.20. The highest BCUT2D eigenvalue weighted by atomic mass is 19.3. The van der Waals surface area contributed by atoms with E-state index in [-0.39, 0.29) is 22.9 Å². The maximum absolute atomic E-state index is 13.2. The highest BCUT2D eigenvalue weighted by Gasteiger charge is 2.22. The molecule has 0 aliphatic carbocycles. The maximum Gasteiger partial charge on any atom is 0.280 e. The molecule has 25 heavy (non-hydrogen) atoms. The number of aryl methyl sites for hydroxylation is 2. The minimum Gasteiger partial charge on any atom is -0.344 e. The number of amides is 1.